The Morgan fingerprint density at radius 2 is 2.11 bits per heavy atom. The Hall–Kier alpha value is -2.49. The van der Waals surface area contributed by atoms with Crippen LogP contribution in [0.1, 0.15) is 16.2 Å². The van der Waals surface area contributed by atoms with Crippen LogP contribution in [0.5, 0.6) is 0 Å². The molecule has 0 aliphatic carbocycles. The van der Waals surface area contributed by atoms with E-state index in [1.54, 1.807) is 41.5 Å². The normalized spacial score (nSPS) is 11.1. The van der Waals surface area contributed by atoms with Crippen molar-refractivity contribution < 1.29 is 4.79 Å². The van der Waals surface area contributed by atoms with Crippen molar-refractivity contribution in [2.24, 2.45) is 0 Å². The topological polar surface area (TPSA) is 90.0 Å². The Kier molecular flexibility index (Phi) is 4.81. The zero-order chi connectivity index (χ0) is 19.0. The molecule has 4 aromatic rings. The molecular weight excluding hydrogens is 457 g/mol. The number of rotatable bonds is 4. The lowest BCUT2D eigenvalue weighted by atomic mass is 10.2. The Bertz CT molecular complexity index is 1120. The molecule has 0 spiro atoms. The quantitative estimate of drug-likeness (QED) is 0.495. The van der Waals surface area contributed by atoms with E-state index >= 15 is 0 Å². The number of amides is 1. The van der Waals surface area contributed by atoms with Crippen molar-refractivity contribution >= 4 is 56.6 Å². The summed E-state index contributed by atoms with van der Waals surface area (Å²) < 4.78 is 3.68. The molecule has 0 bridgehead atoms. The van der Waals surface area contributed by atoms with Gasteiger partial charge in [0.2, 0.25) is 5.82 Å². The van der Waals surface area contributed by atoms with Gasteiger partial charge in [-0.15, -0.1) is 5.10 Å². The van der Waals surface area contributed by atoms with E-state index in [1.165, 1.54) is 4.52 Å². The molecule has 3 heterocycles. The molecule has 0 saturated heterocycles. The summed E-state index contributed by atoms with van der Waals surface area (Å²) in [5.74, 6) is 0.188. The van der Waals surface area contributed by atoms with Gasteiger partial charge in [0.1, 0.15) is 0 Å². The summed E-state index contributed by atoms with van der Waals surface area (Å²) in [6.45, 7) is 0.418. The Labute approximate surface area is 171 Å². The third kappa shape index (κ3) is 3.80. The first kappa shape index (κ1) is 17.9. The van der Waals surface area contributed by atoms with E-state index in [2.05, 4.69) is 41.4 Å². The molecule has 0 unspecified atom stereocenters. The standard InChI is InChI=1S/C16H10BrCl2N7O/c17-11-8-25(7-9-2-3-10(18)6-12(9)19)23-13(11)21-15(27)14-22-16-20-4-1-5-26(16)24-14/h1-6,8H,7H2,(H,21,23,27). The van der Waals surface area contributed by atoms with E-state index in [4.69, 9.17) is 23.2 Å². The van der Waals surface area contributed by atoms with Crippen LogP contribution in [0.3, 0.4) is 0 Å². The van der Waals surface area contributed by atoms with Gasteiger partial charge in [0.25, 0.3) is 11.7 Å². The van der Waals surface area contributed by atoms with Gasteiger partial charge >= 0.3 is 0 Å². The second-order valence-electron chi connectivity index (χ2n) is 5.51. The fourth-order valence-corrected chi connectivity index (χ4v) is 3.26. The first-order valence-corrected chi connectivity index (χ1v) is 9.20. The summed E-state index contributed by atoms with van der Waals surface area (Å²) in [7, 11) is 0. The lowest BCUT2D eigenvalue weighted by Gasteiger charge is -2.05. The van der Waals surface area contributed by atoms with Gasteiger partial charge in [-0.3, -0.25) is 9.48 Å². The number of carbonyl (C=O) groups is 1. The summed E-state index contributed by atoms with van der Waals surface area (Å²) >= 11 is 15.5. The number of fused-ring (bicyclic) bond motifs is 1. The lowest BCUT2D eigenvalue weighted by Crippen LogP contribution is -2.15. The third-order valence-corrected chi connectivity index (χ3v) is 4.78. The highest BCUT2D eigenvalue weighted by Gasteiger charge is 2.17. The summed E-state index contributed by atoms with van der Waals surface area (Å²) in [5.41, 5.74) is 0.849. The van der Waals surface area contributed by atoms with Crippen LogP contribution in [-0.4, -0.2) is 35.3 Å². The molecule has 0 radical (unpaired) electrons. The third-order valence-electron chi connectivity index (χ3n) is 3.62. The number of anilines is 1. The highest BCUT2D eigenvalue weighted by molar-refractivity contribution is 9.10. The van der Waals surface area contributed by atoms with Gasteiger partial charge in [0.15, 0.2) is 5.82 Å². The molecule has 4 rings (SSSR count). The van der Waals surface area contributed by atoms with Crippen LogP contribution in [0, 0.1) is 0 Å². The maximum Gasteiger partial charge on any atom is 0.296 e. The predicted molar refractivity (Wildman–Crippen MR) is 104 cm³/mol. The highest BCUT2D eigenvalue weighted by atomic mass is 79.9. The number of hydrogen-bond donors (Lipinski definition) is 1. The number of hydrogen-bond acceptors (Lipinski definition) is 5. The molecule has 8 nitrogen and oxygen atoms in total. The molecule has 27 heavy (non-hydrogen) atoms. The summed E-state index contributed by atoms with van der Waals surface area (Å²) in [6.07, 6.45) is 4.97. The fraction of sp³-hybridized carbons (Fsp3) is 0.0625. The molecular formula is C16H10BrCl2N7O. The van der Waals surface area contributed by atoms with E-state index in [0.29, 0.717) is 32.7 Å². The average Bonchev–Trinajstić information content (AvgIpc) is 3.21. The second-order valence-corrected chi connectivity index (χ2v) is 7.21. The minimum atomic E-state index is -0.490. The SMILES string of the molecule is O=C(Nc1nn(Cc2ccc(Cl)cc2Cl)cc1Br)c1nc2ncccn2n1. The lowest BCUT2D eigenvalue weighted by molar-refractivity contribution is 0.101. The van der Waals surface area contributed by atoms with Crippen LogP contribution in [0.2, 0.25) is 10.0 Å². The zero-order valence-electron chi connectivity index (χ0n) is 13.5. The molecule has 11 heteroatoms. The smallest absolute Gasteiger partial charge is 0.296 e. The van der Waals surface area contributed by atoms with Gasteiger partial charge in [-0.1, -0.05) is 29.3 Å². The average molecular weight is 467 g/mol. The molecule has 0 saturated carbocycles. The van der Waals surface area contributed by atoms with Gasteiger partial charge < -0.3 is 5.32 Å². The number of halogens is 3. The Balaban J connectivity index is 1.53. The van der Waals surface area contributed by atoms with Gasteiger partial charge in [-0.25, -0.2) is 9.50 Å². The van der Waals surface area contributed by atoms with Crippen LogP contribution >= 0.6 is 39.1 Å². The minimum absolute atomic E-state index is 0.00380. The number of aromatic nitrogens is 6. The van der Waals surface area contributed by atoms with Crippen molar-refractivity contribution in [3.8, 4) is 0 Å². The molecule has 136 valence electrons. The Morgan fingerprint density at radius 3 is 2.89 bits per heavy atom. The first-order chi connectivity index (χ1) is 13.0. The second kappa shape index (κ2) is 7.26. The molecule has 0 fully saturated rings. The minimum Gasteiger partial charge on any atom is -0.301 e. The van der Waals surface area contributed by atoms with Gasteiger partial charge in [-0.2, -0.15) is 10.1 Å². The van der Waals surface area contributed by atoms with Crippen molar-refractivity contribution in [1.29, 1.82) is 0 Å². The first-order valence-electron chi connectivity index (χ1n) is 7.65. The molecule has 1 N–H and O–H groups in total. The van der Waals surface area contributed by atoms with Crippen LogP contribution in [0.25, 0.3) is 5.78 Å². The summed E-state index contributed by atoms with van der Waals surface area (Å²) in [4.78, 5) is 20.5. The molecule has 1 aromatic carbocycles. The highest BCUT2D eigenvalue weighted by Crippen LogP contribution is 2.24. The van der Waals surface area contributed by atoms with Gasteiger partial charge in [-0.05, 0) is 39.7 Å². The molecule has 0 aliphatic rings. The van der Waals surface area contributed by atoms with Crippen LogP contribution in [0.15, 0.2) is 47.3 Å². The zero-order valence-corrected chi connectivity index (χ0v) is 16.6. The molecule has 3 aromatic heterocycles. The van der Waals surface area contributed by atoms with E-state index in [1.807, 2.05) is 6.07 Å². The van der Waals surface area contributed by atoms with Crippen LogP contribution in [-0.2, 0) is 6.54 Å². The summed E-state index contributed by atoms with van der Waals surface area (Å²) in [5, 5.41) is 12.2. The molecule has 0 atom stereocenters. The largest absolute Gasteiger partial charge is 0.301 e. The van der Waals surface area contributed by atoms with E-state index in [-0.39, 0.29) is 5.82 Å². The number of benzene rings is 1. The number of nitrogens with one attached hydrogen (secondary N) is 1. The van der Waals surface area contributed by atoms with Crippen LogP contribution in [0.4, 0.5) is 5.82 Å². The fourth-order valence-electron chi connectivity index (χ4n) is 2.38. The van der Waals surface area contributed by atoms with Gasteiger partial charge in [0, 0.05) is 28.6 Å². The number of nitrogens with zero attached hydrogens (tertiary/aromatic N) is 6. The van der Waals surface area contributed by atoms with E-state index in [9.17, 15) is 4.79 Å². The molecule has 0 aliphatic heterocycles. The molecule has 1 amide bonds. The Morgan fingerprint density at radius 1 is 1.26 bits per heavy atom. The number of carbonyl (C=O) groups excluding carboxylic acids is 1. The maximum absolute atomic E-state index is 12.4. The van der Waals surface area contributed by atoms with Crippen molar-refractivity contribution in [3.63, 3.8) is 0 Å². The maximum atomic E-state index is 12.4. The van der Waals surface area contributed by atoms with Crippen molar-refractivity contribution in [2.45, 2.75) is 6.54 Å². The van der Waals surface area contributed by atoms with E-state index in [0.717, 1.165) is 5.56 Å². The predicted octanol–water partition coefficient (Wildman–Crippen LogP) is 3.69. The van der Waals surface area contributed by atoms with Crippen molar-refractivity contribution in [1.82, 2.24) is 29.4 Å². The van der Waals surface area contributed by atoms with Crippen LogP contribution < -0.4 is 5.32 Å². The van der Waals surface area contributed by atoms with E-state index < -0.39 is 5.91 Å². The van der Waals surface area contributed by atoms with Crippen molar-refractivity contribution in [2.75, 3.05) is 5.32 Å². The van der Waals surface area contributed by atoms with Gasteiger partial charge in [0.05, 0.1) is 11.0 Å². The monoisotopic (exact) mass is 465 g/mol. The van der Waals surface area contributed by atoms with Crippen molar-refractivity contribution in [3.05, 3.63) is 68.8 Å². The summed E-state index contributed by atoms with van der Waals surface area (Å²) in [6, 6.07) is 6.95.